The highest BCUT2D eigenvalue weighted by molar-refractivity contribution is 7.89. The van der Waals surface area contributed by atoms with Crippen molar-refractivity contribution < 1.29 is 13.2 Å². The molecule has 0 unspecified atom stereocenters. The number of rotatable bonds is 4. The van der Waals surface area contributed by atoms with Crippen LogP contribution < -0.4 is 4.72 Å². The average Bonchev–Trinajstić information content (AvgIpc) is 2.74. The fourth-order valence-corrected chi connectivity index (χ4v) is 4.92. The fraction of sp³-hybridized carbons (Fsp3) is 0.227. The molecule has 1 amide bonds. The number of carbonyl (C=O) groups excluding carboxylic acids is 1. The van der Waals surface area contributed by atoms with Gasteiger partial charge in [-0.25, -0.2) is 13.1 Å². The predicted molar refractivity (Wildman–Crippen MR) is 110 cm³/mol. The highest BCUT2D eigenvalue weighted by Gasteiger charge is 2.27. The summed E-state index contributed by atoms with van der Waals surface area (Å²) in [5, 5.41) is 2.15. The van der Waals surface area contributed by atoms with Crippen LogP contribution in [-0.4, -0.2) is 38.4 Å². The molecule has 0 bridgehead atoms. The minimum absolute atomic E-state index is 0.00452. The zero-order valence-electron chi connectivity index (χ0n) is 15.4. The van der Waals surface area contributed by atoms with Crippen LogP contribution in [0, 0.1) is 0 Å². The molecule has 1 aliphatic rings. The Labute approximate surface area is 165 Å². The summed E-state index contributed by atoms with van der Waals surface area (Å²) in [4.78, 5) is 14.9. The number of amides is 1. The van der Waals surface area contributed by atoms with Crippen LogP contribution in [0.5, 0.6) is 0 Å². The molecule has 0 spiro atoms. The molecule has 0 saturated carbocycles. The number of sulfonamides is 1. The maximum atomic E-state index is 12.8. The third-order valence-electron chi connectivity index (χ3n) is 5.15. The molecule has 1 heterocycles. The van der Waals surface area contributed by atoms with Gasteiger partial charge in [-0.05, 0) is 47.9 Å². The number of hydrogen-bond donors (Lipinski definition) is 1. The Morgan fingerprint density at radius 1 is 0.857 bits per heavy atom. The lowest BCUT2D eigenvalue weighted by Gasteiger charge is -2.32. The minimum Gasteiger partial charge on any atom is -0.339 e. The standard InChI is InChI=1S/C22H22N2O3S/c25-22(19-11-10-17-6-4-5-7-18(17)16-19)24-14-12-20(13-15-24)23-28(26,27)21-8-2-1-3-9-21/h1-11,16,20,23H,12-15H2. The van der Waals surface area contributed by atoms with E-state index in [1.54, 1.807) is 35.2 Å². The van der Waals surface area contributed by atoms with Gasteiger partial charge >= 0.3 is 0 Å². The number of hydrogen-bond acceptors (Lipinski definition) is 3. The van der Waals surface area contributed by atoms with Crippen molar-refractivity contribution in [3.8, 4) is 0 Å². The maximum absolute atomic E-state index is 12.8. The SMILES string of the molecule is O=C(c1ccc2ccccc2c1)N1CCC(NS(=O)(=O)c2ccccc2)CC1. The van der Waals surface area contributed by atoms with Crippen LogP contribution in [0.25, 0.3) is 10.8 Å². The summed E-state index contributed by atoms with van der Waals surface area (Å²) in [5.74, 6) is -0.00452. The largest absolute Gasteiger partial charge is 0.339 e. The van der Waals surface area contributed by atoms with E-state index in [2.05, 4.69) is 4.72 Å². The van der Waals surface area contributed by atoms with Gasteiger partial charge in [0.05, 0.1) is 4.90 Å². The summed E-state index contributed by atoms with van der Waals surface area (Å²) in [6.45, 7) is 1.07. The van der Waals surface area contributed by atoms with Gasteiger partial charge < -0.3 is 4.90 Å². The summed E-state index contributed by atoms with van der Waals surface area (Å²) < 4.78 is 27.7. The van der Waals surface area contributed by atoms with Crippen molar-refractivity contribution in [1.82, 2.24) is 9.62 Å². The molecule has 1 N–H and O–H groups in total. The third-order valence-corrected chi connectivity index (χ3v) is 6.69. The van der Waals surface area contributed by atoms with Gasteiger partial charge in [-0.15, -0.1) is 0 Å². The second-order valence-corrected chi connectivity index (χ2v) is 8.78. The van der Waals surface area contributed by atoms with Crippen LogP contribution in [0.2, 0.25) is 0 Å². The third kappa shape index (κ3) is 3.93. The van der Waals surface area contributed by atoms with E-state index in [-0.39, 0.29) is 16.8 Å². The lowest BCUT2D eigenvalue weighted by atomic mass is 10.0. The fourth-order valence-electron chi connectivity index (χ4n) is 3.59. The number of benzene rings is 3. The first kappa shape index (κ1) is 18.7. The summed E-state index contributed by atoms with van der Waals surface area (Å²) >= 11 is 0. The Balaban J connectivity index is 1.40. The Morgan fingerprint density at radius 3 is 2.21 bits per heavy atom. The molecule has 28 heavy (non-hydrogen) atoms. The van der Waals surface area contributed by atoms with Crippen molar-refractivity contribution >= 4 is 26.7 Å². The zero-order valence-corrected chi connectivity index (χ0v) is 16.2. The van der Waals surface area contributed by atoms with Gasteiger partial charge in [-0.1, -0.05) is 48.5 Å². The number of nitrogens with zero attached hydrogens (tertiary/aromatic N) is 1. The highest BCUT2D eigenvalue weighted by Crippen LogP contribution is 2.20. The van der Waals surface area contributed by atoms with E-state index in [1.807, 2.05) is 42.5 Å². The van der Waals surface area contributed by atoms with Gasteiger partial charge in [0.15, 0.2) is 0 Å². The molecule has 6 heteroatoms. The maximum Gasteiger partial charge on any atom is 0.253 e. The molecule has 0 radical (unpaired) electrons. The number of carbonyl (C=O) groups is 1. The van der Waals surface area contributed by atoms with E-state index in [0.29, 0.717) is 31.5 Å². The lowest BCUT2D eigenvalue weighted by molar-refractivity contribution is 0.0711. The molecule has 1 saturated heterocycles. The quantitative estimate of drug-likeness (QED) is 0.737. The van der Waals surface area contributed by atoms with Gasteiger partial charge in [-0.2, -0.15) is 0 Å². The molecule has 4 rings (SSSR count). The Hall–Kier alpha value is -2.70. The van der Waals surface area contributed by atoms with Gasteiger partial charge in [0.2, 0.25) is 10.0 Å². The van der Waals surface area contributed by atoms with Crippen molar-refractivity contribution in [2.24, 2.45) is 0 Å². The van der Waals surface area contributed by atoms with Crippen LogP contribution in [0.3, 0.4) is 0 Å². The van der Waals surface area contributed by atoms with Crippen LogP contribution >= 0.6 is 0 Å². The molecule has 1 aliphatic heterocycles. The summed E-state index contributed by atoms with van der Waals surface area (Å²) in [5.41, 5.74) is 0.669. The van der Waals surface area contributed by atoms with Gasteiger partial charge in [0.1, 0.15) is 0 Å². The topological polar surface area (TPSA) is 66.5 Å². The molecular weight excluding hydrogens is 372 g/mol. The number of likely N-dealkylation sites (tertiary alicyclic amines) is 1. The first-order valence-electron chi connectivity index (χ1n) is 9.38. The molecule has 5 nitrogen and oxygen atoms in total. The number of piperidine rings is 1. The van der Waals surface area contributed by atoms with Crippen LogP contribution in [-0.2, 0) is 10.0 Å². The van der Waals surface area contributed by atoms with Crippen molar-refractivity contribution in [3.63, 3.8) is 0 Å². The van der Waals surface area contributed by atoms with Crippen LogP contribution in [0.4, 0.5) is 0 Å². The van der Waals surface area contributed by atoms with Gasteiger partial charge in [0.25, 0.3) is 5.91 Å². The smallest absolute Gasteiger partial charge is 0.253 e. The monoisotopic (exact) mass is 394 g/mol. The Morgan fingerprint density at radius 2 is 1.50 bits per heavy atom. The first-order valence-corrected chi connectivity index (χ1v) is 10.9. The molecule has 3 aromatic rings. The highest BCUT2D eigenvalue weighted by atomic mass is 32.2. The molecule has 0 aliphatic carbocycles. The Kier molecular flexibility index (Phi) is 5.15. The normalized spacial score (nSPS) is 15.6. The Bertz CT molecular complexity index is 1090. The van der Waals surface area contributed by atoms with Crippen LogP contribution in [0.1, 0.15) is 23.2 Å². The second kappa shape index (κ2) is 7.73. The predicted octanol–water partition coefficient (Wildman–Crippen LogP) is 3.42. The second-order valence-electron chi connectivity index (χ2n) is 7.06. The van der Waals surface area contributed by atoms with Gasteiger partial charge in [0, 0.05) is 24.7 Å². The van der Waals surface area contributed by atoms with E-state index in [1.165, 1.54) is 0 Å². The summed E-state index contributed by atoms with van der Waals surface area (Å²) in [6.07, 6.45) is 1.21. The van der Waals surface area contributed by atoms with Crippen molar-refractivity contribution in [1.29, 1.82) is 0 Å². The minimum atomic E-state index is -3.53. The first-order chi connectivity index (χ1) is 13.5. The summed E-state index contributed by atoms with van der Waals surface area (Å²) in [6, 6.07) is 21.9. The molecule has 1 fully saturated rings. The molecular formula is C22H22N2O3S. The zero-order chi connectivity index (χ0) is 19.6. The van der Waals surface area contributed by atoms with Crippen molar-refractivity contribution in [2.75, 3.05) is 13.1 Å². The van der Waals surface area contributed by atoms with Crippen molar-refractivity contribution in [3.05, 3.63) is 78.4 Å². The summed E-state index contributed by atoms with van der Waals surface area (Å²) in [7, 11) is -3.53. The number of nitrogens with one attached hydrogen (secondary N) is 1. The molecule has 144 valence electrons. The average molecular weight is 394 g/mol. The molecule has 3 aromatic carbocycles. The molecule has 0 aromatic heterocycles. The van der Waals surface area contributed by atoms with Crippen molar-refractivity contribution in [2.45, 2.75) is 23.8 Å². The van der Waals surface area contributed by atoms with E-state index in [4.69, 9.17) is 0 Å². The number of fused-ring (bicyclic) bond motifs is 1. The van der Waals surface area contributed by atoms with E-state index >= 15 is 0 Å². The van der Waals surface area contributed by atoms with E-state index in [9.17, 15) is 13.2 Å². The molecule has 0 atom stereocenters. The van der Waals surface area contributed by atoms with Gasteiger partial charge in [-0.3, -0.25) is 4.79 Å². The lowest BCUT2D eigenvalue weighted by Crippen LogP contribution is -2.46. The van der Waals surface area contributed by atoms with E-state index in [0.717, 1.165) is 10.8 Å². The van der Waals surface area contributed by atoms with E-state index < -0.39 is 10.0 Å². The van der Waals surface area contributed by atoms with Crippen LogP contribution in [0.15, 0.2) is 77.7 Å².